The zero-order valence-electron chi connectivity index (χ0n) is 13.8. The standard InChI is InChI=1S/C17H17N5O3/c1-11-3-5-12(6-4-11)9-22-10-13(7-19-22)20-16(23)15-14(17(24)25)8-18-21(15)2/h3-8,10H,9H2,1-2H3,(H,20,23)(H,24,25). The number of carbonyl (C=O) groups excluding carboxylic acids is 1. The van der Waals surface area contributed by atoms with E-state index in [0.29, 0.717) is 12.2 Å². The third kappa shape index (κ3) is 3.57. The summed E-state index contributed by atoms with van der Waals surface area (Å²) in [6.45, 7) is 2.59. The summed E-state index contributed by atoms with van der Waals surface area (Å²) in [7, 11) is 1.52. The van der Waals surface area contributed by atoms with Gasteiger partial charge in [0.05, 0.1) is 24.6 Å². The second-order valence-electron chi connectivity index (χ2n) is 5.70. The van der Waals surface area contributed by atoms with E-state index in [9.17, 15) is 9.59 Å². The molecular formula is C17H17N5O3. The summed E-state index contributed by atoms with van der Waals surface area (Å²) in [6, 6.07) is 8.09. The molecule has 2 N–H and O–H groups in total. The van der Waals surface area contributed by atoms with Gasteiger partial charge < -0.3 is 10.4 Å². The lowest BCUT2D eigenvalue weighted by atomic mass is 10.1. The number of nitrogens with zero attached hydrogens (tertiary/aromatic N) is 4. The molecule has 0 aliphatic carbocycles. The average molecular weight is 339 g/mol. The van der Waals surface area contributed by atoms with Crippen LogP contribution in [0.1, 0.15) is 32.0 Å². The molecule has 0 bridgehead atoms. The monoisotopic (exact) mass is 339 g/mol. The first kappa shape index (κ1) is 16.4. The molecule has 0 radical (unpaired) electrons. The van der Waals surface area contributed by atoms with Crippen molar-refractivity contribution in [2.24, 2.45) is 7.05 Å². The van der Waals surface area contributed by atoms with Gasteiger partial charge in [-0.2, -0.15) is 10.2 Å². The highest BCUT2D eigenvalue weighted by Gasteiger charge is 2.22. The maximum atomic E-state index is 12.4. The highest BCUT2D eigenvalue weighted by atomic mass is 16.4. The Morgan fingerprint density at radius 2 is 1.88 bits per heavy atom. The largest absolute Gasteiger partial charge is 0.478 e. The van der Waals surface area contributed by atoms with Gasteiger partial charge in [0.25, 0.3) is 5.91 Å². The molecule has 3 aromatic rings. The molecule has 2 heterocycles. The summed E-state index contributed by atoms with van der Waals surface area (Å²) in [5, 5.41) is 19.8. The molecule has 128 valence electrons. The molecule has 0 unspecified atom stereocenters. The molecule has 8 heteroatoms. The molecule has 1 amide bonds. The number of carboxylic acid groups (broad SMARTS) is 1. The Kier molecular flexibility index (Phi) is 4.34. The Bertz CT molecular complexity index is 924. The van der Waals surface area contributed by atoms with Crippen molar-refractivity contribution in [3.63, 3.8) is 0 Å². The first-order chi connectivity index (χ1) is 11.9. The van der Waals surface area contributed by atoms with Crippen molar-refractivity contribution in [1.82, 2.24) is 19.6 Å². The number of anilines is 1. The average Bonchev–Trinajstić information content (AvgIpc) is 3.16. The van der Waals surface area contributed by atoms with Gasteiger partial charge in [0.1, 0.15) is 11.3 Å². The Balaban J connectivity index is 1.73. The van der Waals surface area contributed by atoms with Crippen molar-refractivity contribution >= 4 is 17.6 Å². The summed E-state index contributed by atoms with van der Waals surface area (Å²) < 4.78 is 2.93. The lowest BCUT2D eigenvalue weighted by Gasteiger charge is -2.04. The van der Waals surface area contributed by atoms with Crippen molar-refractivity contribution in [3.8, 4) is 0 Å². The van der Waals surface area contributed by atoms with Crippen LogP contribution >= 0.6 is 0 Å². The van der Waals surface area contributed by atoms with E-state index in [0.717, 1.165) is 11.8 Å². The van der Waals surface area contributed by atoms with Gasteiger partial charge in [-0.1, -0.05) is 29.8 Å². The van der Waals surface area contributed by atoms with Crippen molar-refractivity contribution in [3.05, 3.63) is 65.2 Å². The Morgan fingerprint density at radius 1 is 1.16 bits per heavy atom. The Morgan fingerprint density at radius 3 is 2.56 bits per heavy atom. The van der Waals surface area contributed by atoms with Crippen LogP contribution in [-0.4, -0.2) is 36.5 Å². The number of hydrogen-bond acceptors (Lipinski definition) is 4. The molecule has 25 heavy (non-hydrogen) atoms. The molecule has 0 saturated heterocycles. The number of aromatic carboxylic acids is 1. The maximum Gasteiger partial charge on any atom is 0.339 e. The molecule has 0 spiro atoms. The van der Waals surface area contributed by atoms with E-state index in [1.165, 1.54) is 23.5 Å². The second-order valence-corrected chi connectivity index (χ2v) is 5.70. The van der Waals surface area contributed by atoms with Crippen molar-refractivity contribution in [2.45, 2.75) is 13.5 Å². The summed E-state index contributed by atoms with van der Waals surface area (Å²) in [5.74, 6) is -1.75. The third-order valence-corrected chi connectivity index (χ3v) is 3.74. The van der Waals surface area contributed by atoms with Gasteiger partial charge in [-0.25, -0.2) is 4.79 Å². The number of hydrogen-bond donors (Lipinski definition) is 2. The molecule has 0 aliphatic rings. The van der Waals surface area contributed by atoms with E-state index in [2.05, 4.69) is 15.5 Å². The van der Waals surface area contributed by atoms with E-state index in [-0.39, 0.29) is 11.3 Å². The van der Waals surface area contributed by atoms with E-state index in [4.69, 9.17) is 5.11 Å². The number of carbonyl (C=O) groups is 2. The number of benzene rings is 1. The minimum absolute atomic E-state index is 0.0150. The molecular weight excluding hydrogens is 322 g/mol. The molecule has 0 fully saturated rings. The Hall–Kier alpha value is -3.42. The minimum atomic E-state index is -1.20. The van der Waals surface area contributed by atoms with Crippen LogP contribution in [0.5, 0.6) is 0 Å². The highest BCUT2D eigenvalue weighted by Crippen LogP contribution is 2.13. The number of amides is 1. The number of aromatic nitrogens is 4. The molecule has 8 nitrogen and oxygen atoms in total. The molecule has 2 aromatic heterocycles. The molecule has 0 aliphatic heterocycles. The third-order valence-electron chi connectivity index (χ3n) is 3.74. The van der Waals surface area contributed by atoms with E-state index >= 15 is 0 Å². The summed E-state index contributed by atoms with van der Waals surface area (Å²) in [5.41, 5.74) is 2.59. The quantitative estimate of drug-likeness (QED) is 0.739. The van der Waals surface area contributed by atoms with Crippen LogP contribution in [-0.2, 0) is 13.6 Å². The summed E-state index contributed by atoms with van der Waals surface area (Å²) in [6.07, 6.45) is 4.36. The molecule has 3 rings (SSSR count). The van der Waals surface area contributed by atoms with Crippen LogP contribution in [0.3, 0.4) is 0 Å². The van der Waals surface area contributed by atoms with Gasteiger partial charge in [-0.05, 0) is 12.5 Å². The number of carboxylic acids is 1. The maximum absolute atomic E-state index is 12.4. The lowest BCUT2D eigenvalue weighted by Crippen LogP contribution is -2.19. The van der Waals surface area contributed by atoms with E-state index < -0.39 is 11.9 Å². The van der Waals surface area contributed by atoms with E-state index in [1.54, 1.807) is 10.9 Å². The van der Waals surface area contributed by atoms with Crippen molar-refractivity contribution in [2.75, 3.05) is 5.32 Å². The predicted octanol–water partition coefficient (Wildman–Crippen LogP) is 1.92. The summed E-state index contributed by atoms with van der Waals surface area (Å²) >= 11 is 0. The Labute approximate surface area is 143 Å². The van der Waals surface area contributed by atoms with Crippen LogP contribution < -0.4 is 5.32 Å². The van der Waals surface area contributed by atoms with Gasteiger partial charge in [0, 0.05) is 13.2 Å². The van der Waals surface area contributed by atoms with Crippen LogP contribution in [0.25, 0.3) is 0 Å². The van der Waals surface area contributed by atoms with Crippen LogP contribution in [0, 0.1) is 6.92 Å². The van der Waals surface area contributed by atoms with E-state index in [1.807, 2.05) is 31.2 Å². The first-order valence-electron chi connectivity index (χ1n) is 7.58. The van der Waals surface area contributed by atoms with Gasteiger partial charge in [-0.15, -0.1) is 0 Å². The lowest BCUT2D eigenvalue weighted by molar-refractivity contribution is 0.0692. The van der Waals surface area contributed by atoms with Crippen molar-refractivity contribution < 1.29 is 14.7 Å². The van der Waals surface area contributed by atoms with Crippen LogP contribution in [0.2, 0.25) is 0 Å². The zero-order chi connectivity index (χ0) is 18.0. The van der Waals surface area contributed by atoms with Crippen LogP contribution in [0.4, 0.5) is 5.69 Å². The number of aryl methyl sites for hydroxylation is 2. The highest BCUT2D eigenvalue weighted by molar-refractivity contribution is 6.09. The molecule has 0 atom stereocenters. The number of nitrogens with one attached hydrogen (secondary N) is 1. The summed E-state index contributed by atoms with van der Waals surface area (Å²) in [4.78, 5) is 23.5. The fraction of sp³-hybridized carbons (Fsp3) is 0.176. The smallest absolute Gasteiger partial charge is 0.339 e. The molecule has 1 aromatic carbocycles. The zero-order valence-corrected chi connectivity index (χ0v) is 13.8. The number of rotatable bonds is 5. The second kappa shape index (κ2) is 6.60. The van der Waals surface area contributed by atoms with Crippen molar-refractivity contribution in [1.29, 1.82) is 0 Å². The minimum Gasteiger partial charge on any atom is -0.478 e. The topological polar surface area (TPSA) is 102 Å². The van der Waals surface area contributed by atoms with Gasteiger partial charge >= 0.3 is 5.97 Å². The molecule has 0 saturated carbocycles. The predicted molar refractivity (Wildman–Crippen MR) is 90.6 cm³/mol. The SMILES string of the molecule is Cc1ccc(Cn2cc(NC(=O)c3c(C(=O)O)cnn3C)cn2)cc1. The normalized spacial score (nSPS) is 10.6. The fourth-order valence-corrected chi connectivity index (χ4v) is 2.45. The first-order valence-corrected chi connectivity index (χ1v) is 7.58. The fourth-order valence-electron chi connectivity index (χ4n) is 2.45. The van der Waals surface area contributed by atoms with Gasteiger partial charge in [0.15, 0.2) is 0 Å². The van der Waals surface area contributed by atoms with Gasteiger partial charge in [0.2, 0.25) is 0 Å². The van der Waals surface area contributed by atoms with Gasteiger partial charge in [-0.3, -0.25) is 14.2 Å². The van der Waals surface area contributed by atoms with Crippen LogP contribution in [0.15, 0.2) is 42.9 Å².